The number of benzene rings is 1. The summed E-state index contributed by atoms with van der Waals surface area (Å²) in [4.78, 5) is 43.4. The highest BCUT2D eigenvalue weighted by Gasteiger charge is 2.43. The van der Waals surface area contributed by atoms with Gasteiger partial charge in [0, 0.05) is 61.2 Å². The lowest BCUT2D eigenvalue weighted by Gasteiger charge is -2.46. The van der Waals surface area contributed by atoms with Gasteiger partial charge in [0.15, 0.2) is 0 Å². The van der Waals surface area contributed by atoms with Crippen LogP contribution in [0.15, 0.2) is 47.5 Å². The SMILES string of the molecule is Cc1cn(C[C@H]2CCCN(C(=O)[C@H]3CN(C4c5ccc(Cl)cc5CCc5cc(Br)cnc54)CCN3C(=O)OC(C)(C)C)C2)cn1. The van der Waals surface area contributed by atoms with E-state index >= 15 is 0 Å². The van der Waals surface area contributed by atoms with Crippen LogP contribution in [0, 0.1) is 12.8 Å². The number of carbonyl (C=O) groups excluding carboxylic acids is 2. The van der Waals surface area contributed by atoms with E-state index in [9.17, 15) is 9.59 Å². The Balaban J connectivity index is 1.32. The van der Waals surface area contributed by atoms with E-state index in [4.69, 9.17) is 21.3 Å². The topological polar surface area (TPSA) is 83.8 Å². The molecule has 2 aromatic heterocycles. The summed E-state index contributed by atoms with van der Waals surface area (Å²) in [6, 6.07) is 7.40. The largest absolute Gasteiger partial charge is 0.444 e. The summed E-state index contributed by atoms with van der Waals surface area (Å²) in [6.45, 7) is 11.1. The minimum atomic E-state index is -0.680. The molecule has 0 bridgehead atoms. The van der Waals surface area contributed by atoms with Gasteiger partial charge in [0.2, 0.25) is 5.91 Å². The molecule has 3 atom stereocenters. The van der Waals surface area contributed by atoms with Crippen molar-refractivity contribution < 1.29 is 14.3 Å². The number of halogens is 2. The van der Waals surface area contributed by atoms with Gasteiger partial charge in [-0.25, -0.2) is 9.78 Å². The summed E-state index contributed by atoms with van der Waals surface area (Å²) in [7, 11) is 0. The molecule has 0 radical (unpaired) electrons. The van der Waals surface area contributed by atoms with E-state index in [0.717, 1.165) is 53.7 Å². The minimum absolute atomic E-state index is 0.0222. The minimum Gasteiger partial charge on any atom is -0.444 e. The molecule has 1 aliphatic carbocycles. The molecule has 2 aliphatic heterocycles. The first-order valence-corrected chi connectivity index (χ1v) is 17.1. The van der Waals surface area contributed by atoms with Gasteiger partial charge in [-0.05, 0) is 110 Å². The van der Waals surface area contributed by atoms with Gasteiger partial charge in [0.1, 0.15) is 11.6 Å². The number of rotatable bonds is 4. The van der Waals surface area contributed by atoms with Crippen molar-refractivity contribution in [2.24, 2.45) is 5.92 Å². The molecule has 45 heavy (non-hydrogen) atoms. The maximum absolute atomic E-state index is 14.5. The Labute approximate surface area is 279 Å². The predicted octanol–water partition coefficient (Wildman–Crippen LogP) is 6.05. The Hall–Kier alpha value is -2.95. The lowest BCUT2D eigenvalue weighted by molar-refractivity contribution is -0.141. The van der Waals surface area contributed by atoms with Crippen LogP contribution in [0.2, 0.25) is 5.02 Å². The second-order valence-electron chi connectivity index (χ2n) is 13.6. The monoisotopic (exact) mass is 696 g/mol. The van der Waals surface area contributed by atoms with Crippen LogP contribution in [-0.4, -0.2) is 85.6 Å². The van der Waals surface area contributed by atoms with Gasteiger partial charge >= 0.3 is 6.09 Å². The molecule has 9 nitrogen and oxygen atoms in total. The fourth-order valence-electron chi connectivity index (χ4n) is 7.07. The molecular weight excluding hydrogens is 656 g/mol. The molecule has 0 spiro atoms. The summed E-state index contributed by atoms with van der Waals surface area (Å²) in [5.41, 5.74) is 4.82. The molecule has 1 aromatic carbocycles. The number of fused-ring (bicyclic) bond motifs is 2. The first-order chi connectivity index (χ1) is 21.4. The van der Waals surface area contributed by atoms with Crippen LogP contribution in [0.4, 0.5) is 4.79 Å². The van der Waals surface area contributed by atoms with E-state index in [-0.39, 0.29) is 11.9 Å². The maximum Gasteiger partial charge on any atom is 0.411 e. The number of nitrogens with zero attached hydrogens (tertiary/aromatic N) is 6. The summed E-state index contributed by atoms with van der Waals surface area (Å²) in [5, 5.41) is 0.709. The number of piperidine rings is 1. The number of piperazine rings is 1. The number of pyridine rings is 1. The van der Waals surface area contributed by atoms with Crippen LogP contribution in [0.25, 0.3) is 0 Å². The van der Waals surface area contributed by atoms with Gasteiger partial charge in [-0.2, -0.15) is 0 Å². The molecule has 11 heteroatoms. The molecule has 2 amide bonds. The lowest BCUT2D eigenvalue weighted by Crippen LogP contribution is -2.63. The third kappa shape index (κ3) is 7.23. The van der Waals surface area contributed by atoms with Gasteiger partial charge in [0.05, 0.1) is 23.8 Å². The molecule has 240 valence electrons. The quantitative estimate of drug-likeness (QED) is 0.330. The third-order valence-corrected chi connectivity index (χ3v) is 9.71. The molecule has 3 aromatic rings. The number of aromatic nitrogens is 3. The average molecular weight is 698 g/mol. The van der Waals surface area contributed by atoms with Crippen LogP contribution in [0.5, 0.6) is 0 Å². The molecule has 0 N–H and O–H groups in total. The summed E-state index contributed by atoms with van der Waals surface area (Å²) >= 11 is 10.1. The fraction of sp³-hybridized carbons (Fsp3) is 0.529. The van der Waals surface area contributed by atoms with E-state index in [1.165, 1.54) is 11.1 Å². The van der Waals surface area contributed by atoms with Gasteiger partial charge < -0.3 is 14.2 Å². The Morgan fingerprint density at radius 3 is 2.62 bits per heavy atom. The molecule has 1 unspecified atom stereocenters. The van der Waals surface area contributed by atoms with E-state index in [0.29, 0.717) is 43.7 Å². The smallest absolute Gasteiger partial charge is 0.411 e. The highest BCUT2D eigenvalue weighted by Crippen LogP contribution is 2.39. The number of aryl methyl sites for hydroxylation is 3. The van der Waals surface area contributed by atoms with E-state index in [1.54, 1.807) is 4.90 Å². The van der Waals surface area contributed by atoms with Gasteiger partial charge in [-0.15, -0.1) is 0 Å². The highest BCUT2D eigenvalue weighted by molar-refractivity contribution is 9.10. The Morgan fingerprint density at radius 1 is 1.07 bits per heavy atom. The fourth-order valence-corrected chi connectivity index (χ4v) is 7.64. The van der Waals surface area contributed by atoms with Crippen molar-refractivity contribution >= 4 is 39.5 Å². The van der Waals surface area contributed by atoms with Crippen molar-refractivity contribution in [2.45, 2.75) is 77.6 Å². The van der Waals surface area contributed by atoms with Gasteiger partial charge in [0.25, 0.3) is 0 Å². The molecule has 3 aliphatic rings. The maximum atomic E-state index is 14.5. The number of hydrogen-bond acceptors (Lipinski definition) is 6. The second-order valence-corrected chi connectivity index (χ2v) is 15.0. The molecule has 4 heterocycles. The summed E-state index contributed by atoms with van der Waals surface area (Å²) in [6.07, 6.45) is 8.98. The molecule has 2 saturated heterocycles. The number of carbonyl (C=O) groups is 2. The number of imidazole rings is 1. The highest BCUT2D eigenvalue weighted by atomic mass is 79.9. The molecular formula is C34H42BrClN6O3. The Kier molecular flexibility index (Phi) is 9.28. The van der Waals surface area contributed by atoms with Crippen molar-refractivity contribution in [1.82, 2.24) is 29.2 Å². The van der Waals surface area contributed by atoms with E-state index in [1.807, 2.05) is 57.4 Å². The first-order valence-electron chi connectivity index (χ1n) is 15.9. The Bertz CT molecular complexity index is 1520. The van der Waals surface area contributed by atoms with E-state index in [2.05, 4.69) is 48.6 Å². The summed E-state index contributed by atoms with van der Waals surface area (Å²) in [5.74, 6) is 0.296. The van der Waals surface area contributed by atoms with Crippen molar-refractivity contribution in [3.63, 3.8) is 0 Å². The van der Waals surface area contributed by atoms with E-state index < -0.39 is 17.7 Å². The molecule has 0 saturated carbocycles. The zero-order chi connectivity index (χ0) is 31.9. The van der Waals surface area contributed by atoms with Crippen LogP contribution >= 0.6 is 27.5 Å². The lowest BCUT2D eigenvalue weighted by atomic mass is 9.94. The van der Waals surface area contributed by atoms with Crippen molar-refractivity contribution in [1.29, 1.82) is 0 Å². The average Bonchev–Trinajstić information content (AvgIpc) is 3.33. The van der Waals surface area contributed by atoms with Crippen molar-refractivity contribution in [3.8, 4) is 0 Å². The van der Waals surface area contributed by atoms with Crippen LogP contribution in [-0.2, 0) is 28.9 Å². The standard InChI is InChI=1S/C34H42BrClN6O3/c1-22-17-39(21-38-22)18-23-6-5-11-41(19-23)32(43)29-20-40(12-13-42(29)33(44)45-34(2,3)4)31-28-10-9-27(36)15-24(28)7-8-25-14-26(35)16-37-30(25)31/h9-10,14-17,21,23,29,31H,5-8,11-13,18-20H2,1-4H3/t23-,29-,31?/m1/s1. The molecule has 6 rings (SSSR count). The number of likely N-dealkylation sites (tertiary alicyclic amines) is 1. The van der Waals surface area contributed by atoms with Crippen LogP contribution in [0.1, 0.15) is 67.7 Å². The normalized spacial score (nSPS) is 22.4. The Morgan fingerprint density at radius 2 is 1.87 bits per heavy atom. The van der Waals surface area contributed by atoms with Gasteiger partial charge in [-0.3, -0.25) is 19.6 Å². The van der Waals surface area contributed by atoms with Crippen LogP contribution in [0.3, 0.4) is 0 Å². The first kappa shape index (κ1) is 32.0. The van der Waals surface area contributed by atoms with Crippen LogP contribution < -0.4 is 0 Å². The van der Waals surface area contributed by atoms with Crippen molar-refractivity contribution in [2.75, 3.05) is 32.7 Å². The predicted molar refractivity (Wildman–Crippen MR) is 177 cm³/mol. The molecule has 2 fully saturated rings. The zero-order valence-electron chi connectivity index (χ0n) is 26.5. The van der Waals surface area contributed by atoms with Gasteiger partial charge in [-0.1, -0.05) is 17.7 Å². The zero-order valence-corrected chi connectivity index (χ0v) is 28.9. The summed E-state index contributed by atoms with van der Waals surface area (Å²) < 4.78 is 8.90. The van der Waals surface area contributed by atoms with Crippen molar-refractivity contribution in [3.05, 3.63) is 80.6 Å². The number of hydrogen-bond donors (Lipinski definition) is 0. The number of ether oxygens (including phenoxy) is 1. The second kappa shape index (κ2) is 13.0. The number of amides is 2. The third-order valence-electron chi connectivity index (χ3n) is 9.04.